The summed E-state index contributed by atoms with van der Waals surface area (Å²) in [7, 11) is 0. The maximum absolute atomic E-state index is 12.1. The fourth-order valence-electron chi connectivity index (χ4n) is 2.63. The number of carboxylic acids is 1. The van der Waals surface area contributed by atoms with Gasteiger partial charge in [-0.3, -0.25) is 0 Å². The summed E-state index contributed by atoms with van der Waals surface area (Å²) in [5.41, 5.74) is 7.04. The Morgan fingerprint density at radius 1 is 1.00 bits per heavy atom. The van der Waals surface area contributed by atoms with Crippen molar-refractivity contribution in [3.63, 3.8) is 0 Å². The first-order chi connectivity index (χ1) is 13.6. The van der Waals surface area contributed by atoms with E-state index in [0.717, 1.165) is 18.4 Å². The molecular weight excluding hydrogens is 358 g/mol. The van der Waals surface area contributed by atoms with E-state index in [1.54, 1.807) is 24.3 Å². The zero-order chi connectivity index (χ0) is 20.2. The number of anilines is 1. The summed E-state index contributed by atoms with van der Waals surface area (Å²) in [6.07, 6.45) is 2.75. The maximum Gasteiger partial charge on any atom is 0.326 e. The lowest BCUT2D eigenvalue weighted by molar-refractivity contribution is -0.139. The van der Waals surface area contributed by atoms with Gasteiger partial charge in [-0.15, -0.1) is 0 Å². The van der Waals surface area contributed by atoms with Crippen molar-refractivity contribution in [2.24, 2.45) is 5.73 Å². The monoisotopic (exact) mass is 385 g/mol. The molecule has 0 saturated heterocycles. The third-order valence-electron chi connectivity index (χ3n) is 4.16. The van der Waals surface area contributed by atoms with Crippen LogP contribution in [0.5, 0.6) is 5.75 Å². The van der Waals surface area contributed by atoms with Crippen LogP contribution in [0.3, 0.4) is 0 Å². The Hall–Kier alpha value is -3.06. The Morgan fingerprint density at radius 2 is 1.71 bits per heavy atom. The highest BCUT2D eigenvalue weighted by molar-refractivity contribution is 5.92. The first kappa shape index (κ1) is 21.2. The van der Waals surface area contributed by atoms with Crippen molar-refractivity contribution in [2.45, 2.75) is 38.3 Å². The van der Waals surface area contributed by atoms with E-state index in [1.165, 1.54) is 0 Å². The Bertz CT molecular complexity index is 735. The normalized spacial score (nSPS) is 11.5. The molecule has 0 unspecified atom stereocenters. The van der Waals surface area contributed by atoms with E-state index in [0.29, 0.717) is 37.4 Å². The highest BCUT2D eigenvalue weighted by atomic mass is 16.5. The lowest BCUT2D eigenvalue weighted by Gasteiger charge is -2.15. The van der Waals surface area contributed by atoms with Crippen molar-refractivity contribution in [1.82, 2.24) is 5.32 Å². The highest BCUT2D eigenvalue weighted by Gasteiger charge is 2.19. The van der Waals surface area contributed by atoms with Crippen molar-refractivity contribution in [1.29, 1.82) is 0 Å². The summed E-state index contributed by atoms with van der Waals surface area (Å²) in [6.45, 7) is 1.04. The average molecular weight is 385 g/mol. The lowest BCUT2D eigenvalue weighted by Crippen LogP contribution is -2.43. The summed E-state index contributed by atoms with van der Waals surface area (Å²) < 4.78 is 5.70. The second kappa shape index (κ2) is 11.6. The molecule has 0 aliphatic carbocycles. The van der Waals surface area contributed by atoms with Crippen LogP contribution in [0.2, 0.25) is 0 Å². The molecule has 0 saturated carbocycles. The van der Waals surface area contributed by atoms with Gasteiger partial charge in [0, 0.05) is 5.69 Å². The fraction of sp³-hybridized carbons (Fsp3) is 0.333. The average Bonchev–Trinajstić information content (AvgIpc) is 2.70. The third-order valence-corrected chi connectivity index (χ3v) is 4.16. The van der Waals surface area contributed by atoms with E-state index in [2.05, 4.69) is 10.6 Å². The predicted octanol–water partition coefficient (Wildman–Crippen LogP) is 3.36. The summed E-state index contributed by atoms with van der Waals surface area (Å²) in [6, 6.07) is 15.2. The first-order valence-electron chi connectivity index (χ1n) is 9.35. The number of unbranched alkanes of at least 4 members (excludes halogenated alkanes) is 2. The van der Waals surface area contributed by atoms with Gasteiger partial charge in [0.15, 0.2) is 0 Å². The molecule has 28 heavy (non-hydrogen) atoms. The minimum atomic E-state index is -1.05. The van der Waals surface area contributed by atoms with Gasteiger partial charge in [-0.25, -0.2) is 9.59 Å². The van der Waals surface area contributed by atoms with Gasteiger partial charge in [-0.1, -0.05) is 43.2 Å². The van der Waals surface area contributed by atoms with Gasteiger partial charge < -0.3 is 26.2 Å². The predicted molar refractivity (Wildman–Crippen MR) is 108 cm³/mol. The minimum Gasteiger partial charge on any atom is -0.489 e. The third kappa shape index (κ3) is 7.67. The molecule has 0 aliphatic heterocycles. The molecule has 0 bridgehead atoms. The molecule has 150 valence electrons. The van der Waals surface area contributed by atoms with Gasteiger partial charge in [-0.2, -0.15) is 0 Å². The first-order valence-corrected chi connectivity index (χ1v) is 9.35. The number of nitrogens with one attached hydrogen (secondary N) is 2. The number of carboxylic acid groups (broad SMARTS) is 1. The molecule has 0 aromatic heterocycles. The number of hydrogen-bond donors (Lipinski definition) is 4. The molecule has 2 rings (SSSR count). The smallest absolute Gasteiger partial charge is 0.326 e. The van der Waals surface area contributed by atoms with E-state index < -0.39 is 18.0 Å². The second-order valence-electron chi connectivity index (χ2n) is 6.43. The largest absolute Gasteiger partial charge is 0.489 e. The number of rotatable bonds is 11. The van der Waals surface area contributed by atoms with Crippen molar-refractivity contribution in [3.05, 3.63) is 60.2 Å². The van der Waals surface area contributed by atoms with Crippen LogP contribution >= 0.6 is 0 Å². The van der Waals surface area contributed by atoms with Crippen molar-refractivity contribution in [2.75, 3.05) is 11.9 Å². The second-order valence-corrected chi connectivity index (χ2v) is 6.43. The fourth-order valence-corrected chi connectivity index (χ4v) is 2.63. The number of ether oxygens (including phenoxy) is 1. The Labute approximate surface area is 164 Å². The van der Waals surface area contributed by atoms with Gasteiger partial charge in [-0.05, 0) is 49.2 Å². The summed E-state index contributed by atoms with van der Waals surface area (Å²) in [5.74, 6) is -0.370. The molecule has 1 atom stereocenters. The topological polar surface area (TPSA) is 114 Å². The van der Waals surface area contributed by atoms with Crippen LogP contribution < -0.4 is 21.1 Å². The van der Waals surface area contributed by atoms with E-state index in [4.69, 9.17) is 10.5 Å². The van der Waals surface area contributed by atoms with Crippen LogP contribution in [0, 0.1) is 0 Å². The number of carbonyl (C=O) groups is 2. The number of benzene rings is 2. The van der Waals surface area contributed by atoms with Gasteiger partial charge in [0.25, 0.3) is 0 Å². The van der Waals surface area contributed by atoms with Crippen molar-refractivity contribution in [3.8, 4) is 5.75 Å². The van der Waals surface area contributed by atoms with Gasteiger partial charge in [0.1, 0.15) is 18.4 Å². The molecule has 0 radical (unpaired) electrons. The van der Waals surface area contributed by atoms with Gasteiger partial charge in [0.2, 0.25) is 0 Å². The zero-order valence-corrected chi connectivity index (χ0v) is 15.8. The summed E-state index contributed by atoms with van der Waals surface area (Å²) >= 11 is 0. The lowest BCUT2D eigenvalue weighted by atomic mass is 10.1. The molecular formula is C21H27N3O4. The SMILES string of the molecule is NCCCCC[C@H](NC(=O)Nc1ccc(OCc2ccccc2)cc1)C(=O)O. The highest BCUT2D eigenvalue weighted by Crippen LogP contribution is 2.17. The quantitative estimate of drug-likeness (QED) is 0.443. The van der Waals surface area contributed by atoms with Crippen LogP contribution in [-0.4, -0.2) is 29.7 Å². The molecule has 2 aromatic carbocycles. The standard InChI is InChI=1S/C21H27N3O4/c22-14-6-2-5-9-19(20(25)26)24-21(27)23-17-10-12-18(13-11-17)28-15-16-7-3-1-4-8-16/h1,3-4,7-8,10-13,19H,2,5-6,9,14-15,22H2,(H,25,26)(H2,23,24,27)/t19-/m0/s1. The van der Waals surface area contributed by atoms with Gasteiger partial charge >= 0.3 is 12.0 Å². The minimum absolute atomic E-state index is 0.370. The van der Waals surface area contributed by atoms with E-state index in [-0.39, 0.29) is 0 Å². The molecule has 0 aliphatic rings. The van der Waals surface area contributed by atoms with Crippen LogP contribution in [0.25, 0.3) is 0 Å². The Balaban J connectivity index is 1.79. The Morgan fingerprint density at radius 3 is 2.36 bits per heavy atom. The van der Waals surface area contributed by atoms with E-state index in [1.807, 2.05) is 30.3 Å². The molecule has 7 heteroatoms. The molecule has 0 fully saturated rings. The molecule has 0 spiro atoms. The summed E-state index contributed by atoms with van der Waals surface area (Å²) in [4.78, 5) is 23.4. The van der Waals surface area contributed by atoms with Crippen LogP contribution in [0.1, 0.15) is 31.2 Å². The van der Waals surface area contributed by atoms with Crippen molar-refractivity contribution < 1.29 is 19.4 Å². The molecule has 5 N–H and O–H groups in total. The van der Waals surface area contributed by atoms with Crippen molar-refractivity contribution >= 4 is 17.7 Å². The number of aliphatic carboxylic acids is 1. The number of amides is 2. The zero-order valence-electron chi connectivity index (χ0n) is 15.8. The maximum atomic E-state index is 12.1. The van der Waals surface area contributed by atoms with Crippen LogP contribution in [0.4, 0.5) is 10.5 Å². The number of nitrogens with two attached hydrogens (primary N) is 1. The molecule has 0 heterocycles. The molecule has 2 aromatic rings. The summed E-state index contributed by atoms with van der Waals surface area (Å²) in [5, 5.41) is 14.4. The molecule has 2 amide bonds. The number of hydrogen-bond acceptors (Lipinski definition) is 4. The van der Waals surface area contributed by atoms with E-state index >= 15 is 0 Å². The van der Waals surface area contributed by atoms with E-state index in [9.17, 15) is 14.7 Å². The van der Waals surface area contributed by atoms with Crippen LogP contribution in [-0.2, 0) is 11.4 Å². The van der Waals surface area contributed by atoms with Crippen LogP contribution in [0.15, 0.2) is 54.6 Å². The van der Waals surface area contributed by atoms with Gasteiger partial charge in [0.05, 0.1) is 0 Å². The number of carbonyl (C=O) groups excluding carboxylic acids is 1. The Kier molecular flexibility index (Phi) is 8.81. The molecule has 7 nitrogen and oxygen atoms in total. The number of urea groups is 1.